The van der Waals surface area contributed by atoms with Crippen LogP contribution in [0.4, 0.5) is 0 Å². The molecular weight excluding hydrogens is 268 g/mol. The first kappa shape index (κ1) is 15.3. The van der Waals surface area contributed by atoms with Gasteiger partial charge in [-0.25, -0.2) is 0 Å². The van der Waals surface area contributed by atoms with Gasteiger partial charge in [-0.05, 0) is 41.8 Å². The zero-order valence-electron chi connectivity index (χ0n) is 13.8. The first-order chi connectivity index (χ1) is 10.7. The molecule has 2 aromatic carbocycles. The molecule has 0 aromatic heterocycles. The van der Waals surface area contributed by atoms with Crippen molar-refractivity contribution in [1.29, 1.82) is 0 Å². The first-order valence-electron chi connectivity index (χ1n) is 8.34. The van der Waals surface area contributed by atoms with Crippen molar-refractivity contribution in [2.24, 2.45) is 0 Å². The van der Waals surface area contributed by atoms with Gasteiger partial charge >= 0.3 is 0 Å². The highest BCUT2D eigenvalue weighted by Gasteiger charge is 2.13. The van der Waals surface area contributed by atoms with Gasteiger partial charge in [0, 0.05) is 32.7 Å². The van der Waals surface area contributed by atoms with E-state index in [4.69, 9.17) is 0 Å². The summed E-state index contributed by atoms with van der Waals surface area (Å²) in [6, 6.07) is 18.0. The third-order valence-electron chi connectivity index (χ3n) is 4.62. The summed E-state index contributed by atoms with van der Waals surface area (Å²) in [5, 5.41) is 0. The number of aryl methyl sites for hydroxylation is 1. The number of hydrogen-bond donors (Lipinski definition) is 0. The van der Waals surface area contributed by atoms with E-state index in [0.717, 1.165) is 13.0 Å². The summed E-state index contributed by atoms with van der Waals surface area (Å²) >= 11 is 0. The Hall–Kier alpha value is -1.64. The van der Waals surface area contributed by atoms with E-state index in [1.807, 2.05) is 0 Å². The molecule has 0 amide bonds. The number of rotatable bonds is 4. The number of hydrogen-bond acceptors (Lipinski definition) is 2. The van der Waals surface area contributed by atoms with E-state index in [1.165, 1.54) is 48.4 Å². The van der Waals surface area contributed by atoms with Crippen LogP contribution in [0.25, 0.3) is 11.1 Å². The maximum Gasteiger partial charge on any atom is 0.0235 e. The van der Waals surface area contributed by atoms with E-state index in [-0.39, 0.29) is 0 Å². The monoisotopic (exact) mass is 294 g/mol. The third-order valence-corrected chi connectivity index (χ3v) is 4.62. The van der Waals surface area contributed by atoms with Crippen LogP contribution < -0.4 is 0 Å². The summed E-state index contributed by atoms with van der Waals surface area (Å²) in [6.45, 7) is 7.97. The molecule has 1 aliphatic rings. The molecule has 2 heteroatoms. The first-order valence-corrected chi connectivity index (χ1v) is 8.34. The predicted molar refractivity (Wildman–Crippen MR) is 94.0 cm³/mol. The summed E-state index contributed by atoms with van der Waals surface area (Å²) in [6.07, 6.45) is 1.10. The SMILES string of the molecule is CCc1ccc(-c2cccc(CN3CCN(C)CC3)c2)cc1. The van der Waals surface area contributed by atoms with Crippen LogP contribution in [-0.2, 0) is 13.0 Å². The van der Waals surface area contributed by atoms with Gasteiger partial charge in [-0.2, -0.15) is 0 Å². The average molecular weight is 294 g/mol. The van der Waals surface area contributed by atoms with Crippen molar-refractivity contribution in [2.75, 3.05) is 33.2 Å². The van der Waals surface area contributed by atoms with Crippen LogP contribution in [-0.4, -0.2) is 43.0 Å². The molecule has 0 unspecified atom stereocenters. The van der Waals surface area contributed by atoms with Gasteiger partial charge in [-0.3, -0.25) is 4.90 Å². The smallest absolute Gasteiger partial charge is 0.0235 e. The molecule has 2 aromatic rings. The van der Waals surface area contributed by atoms with E-state index in [2.05, 4.69) is 72.3 Å². The van der Waals surface area contributed by atoms with Crippen molar-refractivity contribution in [3.05, 3.63) is 59.7 Å². The summed E-state index contributed by atoms with van der Waals surface area (Å²) in [7, 11) is 2.21. The molecule has 116 valence electrons. The van der Waals surface area contributed by atoms with Crippen LogP contribution in [0.5, 0.6) is 0 Å². The van der Waals surface area contributed by atoms with Crippen LogP contribution in [0.3, 0.4) is 0 Å². The van der Waals surface area contributed by atoms with Gasteiger partial charge in [0.15, 0.2) is 0 Å². The molecular formula is C20H26N2. The zero-order chi connectivity index (χ0) is 15.4. The Bertz CT molecular complexity index is 595. The molecule has 0 bridgehead atoms. The van der Waals surface area contributed by atoms with Gasteiger partial charge in [-0.15, -0.1) is 0 Å². The minimum atomic E-state index is 1.06. The van der Waals surface area contributed by atoms with E-state index < -0.39 is 0 Å². The molecule has 1 aliphatic heterocycles. The number of piperazine rings is 1. The Labute approximate surface area is 134 Å². The molecule has 0 atom stereocenters. The highest BCUT2D eigenvalue weighted by atomic mass is 15.2. The van der Waals surface area contributed by atoms with Crippen LogP contribution in [0, 0.1) is 0 Å². The Kier molecular flexibility index (Phi) is 4.91. The van der Waals surface area contributed by atoms with Crippen LogP contribution in [0.2, 0.25) is 0 Å². The van der Waals surface area contributed by atoms with Gasteiger partial charge in [0.05, 0.1) is 0 Å². The molecule has 1 heterocycles. The largest absolute Gasteiger partial charge is 0.304 e. The van der Waals surface area contributed by atoms with Crippen molar-refractivity contribution in [2.45, 2.75) is 19.9 Å². The fourth-order valence-corrected chi connectivity index (χ4v) is 3.05. The topological polar surface area (TPSA) is 6.48 Å². The maximum atomic E-state index is 2.55. The highest BCUT2D eigenvalue weighted by Crippen LogP contribution is 2.22. The molecule has 22 heavy (non-hydrogen) atoms. The lowest BCUT2D eigenvalue weighted by molar-refractivity contribution is 0.148. The molecule has 0 aliphatic carbocycles. The lowest BCUT2D eigenvalue weighted by Gasteiger charge is -2.32. The number of benzene rings is 2. The highest BCUT2D eigenvalue weighted by molar-refractivity contribution is 5.64. The Morgan fingerprint density at radius 2 is 1.55 bits per heavy atom. The Morgan fingerprint density at radius 1 is 0.818 bits per heavy atom. The fourth-order valence-electron chi connectivity index (χ4n) is 3.05. The minimum Gasteiger partial charge on any atom is -0.304 e. The van der Waals surface area contributed by atoms with Crippen molar-refractivity contribution < 1.29 is 0 Å². The second-order valence-corrected chi connectivity index (χ2v) is 6.33. The van der Waals surface area contributed by atoms with Gasteiger partial charge in [-0.1, -0.05) is 49.4 Å². The summed E-state index contributed by atoms with van der Waals surface area (Å²) < 4.78 is 0. The van der Waals surface area contributed by atoms with Gasteiger partial charge in [0.2, 0.25) is 0 Å². The molecule has 0 saturated carbocycles. The van der Waals surface area contributed by atoms with Crippen LogP contribution in [0.1, 0.15) is 18.1 Å². The van der Waals surface area contributed by atoms with E-state index in [9.17, 15) is 0 Å². The second kappa shape index (κ2) is 7.08. The summed E-state index contributed by atoms with van der Waals surface area (Å²) in [5.74, 6) is 0. The normalized spacial score (nSPS) is 16.8. The number of likely N-dealkylation sites (N-methyl/N-ethyl adjacent to an activating group) is 1. The minimum absolute atomic E-state index is 1.06. The summed E-state index contributed by atoms with van der Waals surface area (Å²) in [4.78, 5) is 4.96. The quantitative estimate of drug-likeness (QED) is 0.849. The molecule has 1 fully saturated rings. The zero-order valence-corrected chi connectivity index (χ0v) is 13.8. The van der Waals surface area contributed by atoms with Crippen molar-refractivity contribution in [3.63, 3.8) is 0 Å². The maximum absolute atomic E-state index is 2.55. The van der Waals surface area contributed by atoms with Gasteiger partial charge < -0.3 is 4.90 Å². The van der Waals surface area contributed by atoms with E-state index in [0.29, 0.717) is 0 Å². The Balaban J connectivity index is 1.71. The van der Waals surface area contributed by atoms with Gasteiger partial charge in [0.1, 0.15) is 0 Å². The summed E-state index contributed by atoms with van der Waals surface area (Å²) in [5.41, 5.74) is 5.46. The lowest BCUT2D eigenvalue weighted by Crippen LogP contribution is -2.43. The van der Waals surface area contributed by atoms with Crippen LogP contribution >= 0.6 is 0 Å². The third kappa shape index (κ3) is 3.76. The fraction of sp³-hybridized carbons (Fsp3) is 0.400. The van der Waals surface area contributed by atoms with Crippen molar-refractivity contribution in [3.8, 4) is 11.1 Å². The molecule has 0 spiro atoms. The van der Waals surface area contributed by atoms with E-state index >= 15 is 0 Å². The van der Waals surface area contributed by atoms with Crippen LogP contribution in [0.15, 0.2) is 48.5 Å². The van der Waals surface area contributed by atoms with Crippen molar-refractivity contribution >= 4 is 0 Å². The average Bonchev–Trinajstić information content (AvgIpc) is 2.57. The Morgan fingerprint density at radius 3 is 2.23 bits per heavy atom. The second-order valence-electron chi connectivity index (χ2n) is 6.33. The molecule has 3 rings (SSSR count). The van der Waals surface area contributed by atoms with E-state index in [1.54, 1.807) is 0 Å². The molecule has 2 nitrogen and oxygen atoms in total. The molecule has 1 saturated heterocycles. The van der Waals surface area contributed by atoms with Gasteiger partial charge in [0.25, 0.3) is 0 Å². The number of nitrogens with zero attached hydrogens (tertiary/aromatic N) is 2. The standard InChI is InChI=1S/C20H26N2/c1-3-17-7-9-19(10-8-17)20-6-4-5-18(15-20)16-22-13-11-21(2)12-14-22/h4-10,15H,3,11-14,16H2,1-2H3. The van der Waals surface area contributed by atoms with Crippen molar-refractivity contribution in [1.82, 2.24) is 9.80 Å². The molecule has 0 radical (unpaired) electrons. The molecule has 0 N–H and O–H groups in total. The predicted octanol–water partition coefficient (Wildman–Crippen LogP) is 3.66. The lowest BCUT2D eigenvalue weighted by atomic mass is 10.0.